The molecule has 0 aliphatic carbocycles. The van der Waals surface area contributed by atoms with Crippen molar-refractivity contribution < 1.29 is 14.3 Å². The molecule has 0 fully saturated rings. The minimum absolute atomic E-state index is 0.383. The molecule has 21 heavy (non-hydrogen) atoms. The van der Waals surface area contributed by atoms with Crippen LogP contribution < -0.4 is 4.52 Å². The van der Waals surface area contributed by atoms with Crippen LogP contribution in [0.25, 0.3) is 0 Å². The van der Waals surface area contributed by atoms with Crippen LogP contribution in [0.5, 0.6) is 5.75 Å². The number of rotatable bonds is 4. The van der Waals surface area contributed by atoms with Gasteiger partial charge in [0, 0.05) is 11.8 Å². The zero-order chi connectivity index (χ0) is 15.7. The maximum atomic E-state index is 8.80. The highest BCUT2D eigenvalue weighted by molar-refractivity contribution is 8.06. The van der Waals surface area contributed by atoms with E-state index in [0.717, 1.165) is 12.0 Å². The molecule has 112 valence electrons. The van der Waals surface area contributed by atoms with Crippen molar-refractivity contribution in [2.45, 2.75) is 13.3 Å². The first-order valence-corrected chi connectivity index (χ1v) is 9.00. The molecule has 0 aliphatic rings. The van der Waals surface area contributed by atoms with Crippen LogP contribution in [0, 0.1) is 6.92 Å². The van der Waals surface area contributed by atoms with Crippen molar-refractivity contribution in [3.05, 3.63) is 78.4 Å². The lowest BCUT2D eigenvalue weighted by Gasteiger charge is -2.09. The van der Waals surface area contributed by atoms with Crippen LogP contribution in [0.4, 0.5) is 0 Å². The summed E-state index contributed by atoms with van der Waals surface area (Å²) in [4.78, 5) is 17.6. The lowest BCUT2D eigenvalue weighted by atomic mass is 10.2. The summed E-state index contributed by atoms with van der Waals surface area (Å²) >= 11 is 4.30. The van der Waals surface area contributed by atoms with E-state index in [9.17, 15) is 0 Å². The van der Waals surface area contributed by atoms with Crippen LogP contribution >= 0.6 is 6.72 Å². The summed E-state index contributed by atoms with van der Waals surface area (Å²) in [6.45, 7) is 2.01. The summed E-state index contributed by atoms with van der Waals surface area (Å²) in [6.07, 6.45) is 2.89. The summed E-state index contributed by atoms with van der Waals surface area (Å²) in [6, 6.07) is 17.2. The Balaban J connectivity index is 0.000000219. The first kappa shape index (κ1) is 17.6. The molecule has 3 nitrogen and oxygen atoms in total. The van der Waals surface area contributed by atoms with Crippen LogP contribution in [-0.2, 0) is 18.2 Å². The van der Waals surface area contributed by atoms with E-state index in [1.165, 1.54) is 5.56 Å². The van der Waals surface area contributed by atoms with Gasteiger partial charge in [0.05, 0.1) is 0 Å². The molecule has 2 aromatic rings. The highest BCUT2D eigenvalue weighted by Crippen LogP contribution is 2.37. The zero-order valence-electron chi connectivity index (χ0n) is 11.8. The van der Waals surface area contributed by atoms with Gasteiger partial charge in [0.2, 0.25) is 0 Å². The molecule has 2 aromatic carbocycles. The van der Waals surface area contributed by atoms with E-state index in [4.69, 9.17) is 14.3 Å². The number of benzene rings is 2. The summed E-state index contributed by atoms with van der Waals surface area (Å²) in [5, 5.41) is 0. The van der Waals surface area contributed by atoms with Crippen molar-refractivity contribution in [1.82, 2.24) is 0 Å². The molecule has 5 heteroatoms. The normalized spacial score (nSPS) is 10.2. The third-order valence-electron chi connectivity index (χ3n) is 2.47. The van der Waals surface area contributed by atoms with Gasteiger partial charge in [-0.25, -0.2) is 0 Å². The molecular formula is C16H19O3PS. The third kappa shape index (κ3) is 8.43. The molecule has 0 unspecified atom stereocenters. The van der Waals surface area contributed by atoms with Gasteiger partial charge < -0.3 is 14.3 Å². The summed E-state index contributed by atoms with van der Waals surface area (Å²) < 4.78 is 4.69. The SMILES string of the molecule is C=CCc1ccccc1.Cc1ccc(OP(O)(O)=S)cc1. The number of allylic oxidation sites excluding steroid dienone is 1. The van der Waals surface area contributed by atoms with Crippen LogP contribution in [0.1, 0.15) is 11.1 Å². The Morgan fingerprint density at radius 2 is 1.67 bits per heavy atom. The molecule has 0 saturated carbocycles. The number of aryl methyl sites for hydroxylation is 1. The van der Waals surface area contributed by atoms with Crippen molar-refractivity contribution in [3.63, 3.8) is 0 Å². The Kier molecular flexibility index (Phi) is 7.34. The second kappa shape index (κ2) is 8.75. The van der Waals surface area contributed by atoms with E-state index in [1.807, 2.05) is 31.2 Å². The molecule has 0 atom stereocenters. The fourth-order valence-corrected chi connectivity index (χ4v) is 2.17. The standard InChI is InChI=1S/C9H10.C7H9O3PS/c1-2-6-9-7-4-3-5-8-9;1-6-2-4-7(5-3-6)10-11(8,9)12/h2-5,7-8H,1,6H2;2-5H,1H3,(H2,8,9,12). The van der Waals surface area contributed by atoms with Crippen molar-refractivity contribution in [3.8, 4) is 5.75 Å². The Hall–Kier alpha value is -1.45. The van der Waals surface area contributed by atoms with Crippen LogP contribution in [-0.4, -0.2) is 9.79 Å². The smallest absolute Gasteiger partial charge is 0.375 e. The maximum Gasteiger partial charge on any atom is 0.375 e. The Labute approximate surface area is 130 Å². The molecule has 2 rings (SSSR count). The lowest BCUT2D eigenvalue weighted by Crippen LogP contribution is -1.89. The van der Waals surface area contributed by atoms with Gasteiger partial charge in [-0.05, 0) is 31.0 Å². The molecule has 0 spiro atoms. The van der Waals surface area contributed by atoms with Crippen LogP contribution in [0.15, 0.2) is 67.3 Å². The maximum absolute atomic E-state index is 8.80. The van der Waals surface area contributed by atoms with E-state index in [-0.39, 0.29) is 0 Å². The Morgan fingerprint density at radius 1 is 1.10 bits per heavy atom. The molecule has 0 bridgehead atoms. The molecule has 2 N–H and O–H groups in total. The minimum Gasteiger partial charge on any atom is -0.424 e. The van der Waals surface area contributed by atoms with Gasteiger partial charge in [-0.1, -0.05) is 54.1 Å². The third-order valence-corrected chi connectivity index (χ3v) is 3.14. The largest absolute Gasteiger partial charge is 0.424 e. The monoisotopic (exact) mass is 322 g/mol. The summed E-state index contributed by atoms with van der Waals surface area (Å²) in [5.41, 5.74) is 2.40. The van der Waals surface area contributed by atoms with Crippen molar-refractivity contribution >= 4 is 18.5 Å². The average molecular weight is 322 g/mol. The van der Waals surface area contributed by atoms with Gasteiger partial charge in [-0.3, -0.25) is 0 Å². The average Bonchev–Trinajstić information content (AvgIpc) is 2.42. The van der Waals surface area contributed by atoms with Gasteiger partial charge in [0.1, 0.15) is 5.75 Å². The quantitative estimate of drug-likeness (QED) is 0.660. The van der Waals surface area contributed by atoms with Crippen LogP contribution in [0.3, 0.4) is 0 Å². The molecular weight excluding hydrogens is 303 g/mol. The second-order valence-corrected chi connectivity index (χ2v) is 6.96. The fourth-order valence-electron chi connectivity index (χ4n) is 1.52. The van der Waals surface area contributed by atoms with Crippen LogP contribution in [0.2, 0.25) is 0 Å². The fraction of sp³-hybridized carbons (Fsp3) is 0.125. The van der Waals surface area contributed by atoms with Gasteiger partial charge >= 0.3 is 6.72 Å². The van der Waals surface area contributed by atoms with E-state index < -0.39 is 6.72 Å². The van der Waals surface area contributed by atoms with Gasteiger partial charge in [0.25, 0.3) is 0 Å². The first-order valence-electron chi connectivity index (χ1n) is 6.37. The summed E-state index contributed by atoms with van der Waals surface area (Å²) in [7, 11) is 0. The molecule has 0 saturated heterocycles. The predicted octanol–water partition coefficient (Wildman–Crippen LogP) is 4.00. The van der Waals surface area contributed by atoms with E-state index in [2.05, 4.69) is 30.5 Å². The minimum atomic E-state index is -3.57. The topological polar surface area (TPSA) is 49.7 Å². The zero-order valence-corrected chi connectivity index (χ0v) is 13.6. The Morgan fingerprint density at radius 3 is 2.14 bits per heavy atom. The first-order chi connectivity index (χ1) is 9.90. The van der Waals surface area contributed by atoms with Gasteiger partial charge in [-0.15, -0.1) is 6.58 Å². The Bertz CT molecular complexity index is 591. The lowest BCUT2D eigenvalue weighted by molar-refractivity contribution is 0.370. The van der Waals surface area contributed by atoms with Crippen molar-refractivity contribution in [2.24, 2.45) is 0 Å². The molecule has 0 amide bonds. The van der Waals surface area contributed by atoms with Gasteiger partial charge in [-0.2, -0.15) is 0 Å². The molecule has 0 radical (unpaired) electrons. The number of hydrogen-bond donors (Lipinski definition) is 2. The highest BCUT2D eigenvalue weighted by Gasteiger charge is 2.08. The van der Waals surface area contributed by atoms with E-state index in [1.54, 1.807) is 24.3 Å². The predicted molar refractivity (Wildman–Crippen MR) is 90.9 cm³/mol. The molecule has 0 aromatic heterocycles. The number of hydrogen-bond acceptors (Lipinski definition) is 2. The molecule has 0 heterocycles. The van der Waals surface area contributed by atoms with E-state index >= 15 is 0 Å². The summed E-state index contributed by atoms with van der Waals surface area (Å²) in [5.74, 6) is 0.383. The van der Waals surface area contributed by atoms with E-state index in [0.29, 0.717) is 5.75 Å². The van der Waals surface area contributed by atoms with Crippen molar-refractivity contribution in [1.29, 1.82) is 0 Å². The van der Waals surface area contributed by atoms with Gasteiger partial charge in [0.15, 0.2) is 0 Å². The van der Waals surface area contributed by atoms with Crippen molar-refractivity contribution in [2.75, 3.05) is 0 Å². The second-order valence-electron chi connectivity index (χ2n) is 4.37. The molecule has 0 aliphatic heterocycles. The highest BCUT2D eigenvalue weighted by atomic mass is 32.5.